The number of ether oxygens (including phenoxy) is 1. The zero-order chi connectivity index (χ0) is 17.0. The van der Waals surface area contributed by atoms with Crippen LogP contribution in [0.25, 0.3) is 0 Å². The van der Waals surface area contributed by atoms with E-state index in [1.165, 1.54) is 7.11 Å². The summed E-state index contributed by atoms with van der Waals surface area (Å²) >= 11 is 6.71. The van der Waals surface area contributed by atoms with E-state index < -0.39 is 12.0 Å². The number of aromatic nitrogens is 2. The molecule has 1 atom stereocenters. The quantitative estimate of drug-likeness (QED) is 0.693. The van der Waals surface area contributed by atoms with Crippen molar-refractivity contribution in [1.29, 1.82) is 0 Å². The van der Waals surface area contributed by atoms with Gasteiger partial charge >= 0.3 is 5.97 Å². The van der Waals surface area contributed by atoms with E-state index in [0.717, 1.165) is 15.7 Å². The number of H-pyrrole nitrogens is 1. The number of benzene rings is 1. The Morgan fingerprint density at radius 2 is 2.13 bits per heavy atom. The minimum Gasteiger partial charge on any atom is -0.469 e. The van der Waals surface area contributed by atoms with E-state index in [4.69, 9.17) is 4.74 Å². The third-order valence-electron chi connectivity index (χ3n) is 3.24. The molecule has 0 saturated heterocycles. The Morgan fingerprint density at radius 1 is 1.39 bits per heavy atom. The summed E-state index contributed by atoms with van der Waals surface area (Å²) in [6.07, 6.45) is 0.0275. The van der Waals surface area contributed by atoms with Gasteiger partial charge in [0, 0.05) is 10.2 Å². The molecule has 1 aromatic heterocycles. The van der Waals surface area contributed by atoms with Gasteiger partial charge in [0.1, 0.15) is 0 Å². The highest BCUT2D eigenvalue weighted by atomic mass is 79.9. The number of methoxy groups -OCH3 is 1. The Bertz CT molecular complexity index is 731. The molecule has 6 nitrogen and oxygen atoms in total. The minimum atomic E-state index is -0.517. The van der Waals surface area contributed by atoms with Crippen molar-refractivity contribution in [2.24, 2.45) is 0 Å². The van der Waals surface area contributed by atoms with Crippen LogP contribution in [-0.4, -0.2) is 29.2 Å². The second kappa shape index (κ2) is 7.74. The second-order valence-electron chi connectivity index (χ2n) is 4.87. The Balaban J connectivity index is 2.25. The summed E-state index contributed by atoms with van der Waals surface area (Å²) in [4.78, 5) is 24.1. The van der Waals surface area contributed by atoms with Crippen molar-refractivity contribution in [3.63, 3.8) is 0 Å². The van der Waals surface area contributed by atoms with E-state index in [2.05, 4.69) is 47.4 Å². The first-order valence-corrected chi connectivity index (χ1v) is 8.34. The number of aromatic amines is 1. The normalized spacial score (nSPS) is 11.8. The van der Waals surface area contributed by atoms with Gasteiger partial charge in [0.15, 0.2) is 5.69 Å². The van der Waals surface area contributed by atoms with E-state index in [9.17, 15) is 9.59 Å². The van der Waals surface area contributed by atoms with E-state index in [1.807, 2.05) is 24.3 Å². The number of hydrogen-bond donors (Lipinski definition) is 2. The summed E-state index contributed by atoms with van der Waals surface area (Å²) in [6.45, 7) is 1.80. The summed E-state index contributed by atoms with van der Waals surface area (Å²) in [5.41, 5.74) is 1.79. The summed E-state index contributed by atoms with van der Waals surface area (Å²) in [5, 5.41) is 9.53. The number of esters is 1. The third-order valence-corrected chi connectivity index (χ3v) is 4.71. The lowest BCUT2D eigenvalue weighted by molar-refractivity contribution is -0.141. The molecule has 0 spiro atoms. The van der Waals surface area contributed by atoms with Crippen LogP contribution in [0.5, 0.6) is 0 Å². The number of rotatable bonds is 5. The monoisotopic (exact) mass is 443 g/mol. The lowest BCUT2D eigenvalue weighted by atomic mass is 10.0. The van der Waals surface area contributed by atoms with Crippen LogP contribution in [0, 0.1) is 6.92 Å². The number of aryl methyl sites for hydroxylation is 1. The molecule has 0 fully saturated rings. The van der Waals surface area contributed by atoms with Crippen LogP contribution in [0.2, 0.25) is 0 Å². The maximum absolute atomic E-state index is 12.4. The molecule has 0 aliphatic heterocycles. The highest BCUT2D eigenvalue weighted by Gasteiger charge is 2.23. The van der Waals surface area contributed by atoms with Crippen LogP contribution in [-0.2, 0) is 9.53 Å². The zero-order valence-electron chi connectivity index (χ0n) is 12.5. The number of nitrogens with one attached hydrogen (secondary N) is 2. The minimum absolute atomic E-state index is 0.0275. The highest BCUT2D eigenvalue weighted by Crippen LogP contribution is 2.23. The molecule has 0 radical (unpaired) electrons. The number of amides is 1. The van der Waals surface area contributed by atoms with Crippen molar-refractivity contribution in [2.45, 2.75) is 19.4 Å². The van der Waals surface area contributed by atoms with Crippen molar-refractivity contribution in [3.8, 4) is 0 Å². The summed E-state index contributed by atoms with van der Waals surface area (Å²) < 4.78 is 6.17. The lowest BCUT2D eigenvalue weighted by Gasteiger charge is -2.18. The predicted molar refractivity (Wildman–Crippen MR) is 92.0 cm³/mol. The zero-order valence-corrected chi connectivity index (χ0v) is 15.7. The van der Waals surface area contributed by atoms with E-state index in [0.29, 0.717) is 4.47 Å². The van der Waals surface area contributed by atoms with Crippen molar-refractivity contribution in [3.05, 3.63) is 50.2 Å². The van der Waals surface area contributed by atoms with Crippen LogP contribution in [0.3, 0.4) is 0 Å². The molecule has 1 amide bonds. The molecular weight excluding hydrogens is 430 g/mol. The smallest absolute Gasteiger partial charge is 0.307 e. The molecule has 8 heteroatoms. The number of carbonyl (C=O) groups excluding carboxylic acids is 2. The van der Waals surface area contributed by atoms with E-state index in [-0.39, 0.29) is 18.0 Å². The fourth-order valence-electron chi connectivity index (χ4n) is 2.02. The predicted octanol–water partition coefficient (Wildman–Crippen LogP) is 3.28. The first-order valence-electron chi connectivity index (χ1n) is 6.76. The van der Waals surface area contributed by atoms with Gasteiger partial charge in [0.25, 0.3) is 5.91 Å². The molecule has 0 bridgehead atoms. The number of carbonyl (C=O) groups is 2. The molecule has 0 aliphatic carbocycles. The van der Waals surface area contributed by atoms with Crippen molar-refractivity contribution < 1.29 is 14.3 Å². The van der Waals surface area contributed by atoms with Gasteiger partial charge < -0.3 is 10.1 Å². The molecular formula is C15H15Br2N3O3. The molecule has 1 aromatic carbocycles. The van der Waals surface area contributed by atoms with Crippen molar-refractivity contribution >= 4 is 43.7 Å². The van der Waals surface area contributed by atoms with Gasteiger partial charge in [0.05, 0.1) is 24.0 Å². The first-order chi connectivity index (χ1) is 10.9. The molecule has 2 rings (SSSR count). The third kappa shape index (κ3) is 4.42. The van der Waals surface area contributed by atoms with Gasteiger partial charge in [-0.05, 0) is 40.5 Å². The van der Waals surface area contributed by atoms with Gasteiger partial charge in [-0.1, -0.05) is 28.1 Å². The first kappa shape index (κ1) is 17.7. The Labute approximate surface area is 150 Å². The Kier molecular flexibility index (Phi) is 5.95. The number of nitrogens with zero attached hydrogens (tertiary/aromatic N) is 1. The Hall–Kier alpha value is -1.67. The standard InChI is InChI=1S/C15H15Br2N3O3/c1-8-13(17)14(20-19-8)15(22)18-11(7-12(21)23-2)9-4-3-5-10(16)6-9/h3-6,11H,7H2,1-2H3,(H,18,22)(H,19,20). The molecule has 23 heavy (non-hydrogen) atoms. The second-order valence-corrected chi connectivity index (χ2v) is 6.58. The topological polar surface area (TPSA) is 84.1 Å². The van der Waals surface area contributed by atoms with Crippen LogP contribution in [0.4, 0.5) is 0 Å². The molecule has 1 unspecified atom stereocenters. The van der Waals surface area contributed by atoms with Crippen LogP contribution in [0.15, 0.2) is 33.2 Å². The SMILES string of the molecule is COC(=O)CC(NC(=O)c1n[nH]c(C)c1Br)c1cccc(Br)c1. The van der Waals surface area contributed by atoms with Crippen molar-refractivity contribution in [2.75, 3.05) is 7.11 Å². The fourth-order valence-corrected chi connectivity index (χ4v) is 2.79. The number of halogens is 2. The summed E-state index contributed by atoms with van der Waals surface area (Å²) in [5.74, 6) is -0.789. The van der Waals surface area contributed by atoms with Crippen LogP contribution < -0.4 is 5.32 Å². The van der Waals surface area contributed by atoms with Crippen molar-refractivity contribution in [1.82, 2.24) is 15.5 Å². The van der Waals surface area contributed by atoms with Crippen LogP contribution >= 0.6 is 31.9 Å². The largest absolute Gasteiger partial charge is 0.469 e. The summed E-state index contributed by atoms with van der Waals surface area (Å²) in [7, 11) is 1.32. The maximum Gasteiger partial charge on any atom is 0.307 e. The molecule has 1 heterocycles. The molecule has 2 N–H and O–H groups in total. The average molecular weight is 445 g/mol. The molecule has 122 valence electrons. The van der Waals surface area contributed by atoms with E-state index >= 15 is 0 Å². The average Bonchev–Trinajstić information content (AvgIpc) is 2.86. The van der Waals surface area contributed by atoms with Gasteiger partial charge in [-0.15, -0.1) is 0 Å². The molecule has 2 aromatic rings. The molecule has 0 saturated carbocycles. The van der Waals surface area contributed by atoms with E-state index in [1.54, 1.807) is 6.92 Å². The number of hydrogen-bond acceptors (Lipinski definition) is 4. The summed E-state index contributed by atoms with van der Waals surface area (Å²) in [6, 6.07) is 6.87. The fraction of sp³-hybridized carbons (Fsp3) is 0.267. The van der Waals surface area contributed by atoms with Gasteiger partial charge in [-0.3, -0.25) is 14.7 Å². The highest BCUT2D eigenvalue weighted by molar-refractivity contribution is 9.10. The van der Waals surface area contributed by atoms with Crippen LogP contribution in [0.1, 0.15) is 34.2 Å². The lowest BCUT2D eigenvalue weighted by Crippen LogP contribution is -2.31. The molecule has 0 aliphatic rings. The Morgan fingerprint density at radius 3 is 2.70 bits per heavy atom. The van der Waals surface area contributed by atoms with Gasteiger partial charge in [-0.2, -0.15) is 5.10 Å². The maximum atomic E-state index is 12.4. The van der Waals surface area contributed by atoms with Gasteiger partial charge in [0.2, 0.25) is 0 Å². The van der Waals surface area contributed by atoms with Gasteiger partial charge in [-0.25, -0.2) is 0 Å².